The molecule has 1 heterocycles. The Kier molecular flexibility index (Phi) is 2.88. The van der Waals surface area contributed by atoms with Gasteiger partial charge in [-0.2, -0.15) is 0 Å². The quantitative estimate of drug-likeness (QED) is 0.344. The van der Waals surface area contributed by atoms with Crippen LogP contribution in [-0.4, -0.2) is 41.2 Å². The van der Waals surface area contributed by atoms with Crippen molar-refractivity contribution in [3.8, 4) is 0 Å². The molecule has 2 N–H and O–H groups in total. The standard InChI is InChI=1S/C6H11N3O3/c1-3-5(10)6(11)4(12-3)2-8-9-7/h3-6,10-11H,2H2,1H3/t3?,4-,5-,6+/m1/s1. The number of rotatable bonds is 2. The Hall–Kier alpha value is -0.810. The summed E-state index contributed by atoms with van der Waals surface area (Å²) in [6.07, 6.45) is -2.82. The SMILES string of the molecule is CC1O[C@H](CN=[N+]=[N-])[C@H](O)[C@@H]1O. The highest BCUT2D eigenvalue weighted by atomic mass is 16.5. The van der Waals surface area contributed by atoms with Gasteiger partial charge in [0.25, 0.3) is 0 Å². The summed E-state index contributed by atoms with van der Waals surface area (Å²) >= 11 is 0. The van der Waals surface area contributed by atoms with Gasteiger partial charge in [0.2, 0.25) is 0 Å². The molecule has 0 amide bonds. The lowest BCUT2D eigenvalue weighted by Crippen LogP contribution is -2.32. The third kappa shape index (κ3) is 1.67. The number of hydrogen-bond donors (Lipinski definition) is 2. The summed E-state index contributed by atoms with van der Waals surface area (Å²) in [5.41, 5.74) is 8.00. The molecule has 1 saturated heterocycles. The van der Waals surface area contributed by atoms with Gasteiger partial charge in [-0.1, -0.05) is 5.11 Å². The Morgan fingerprint density at radius 3 is 2.58 bits per heavy atom. The van der Waals surface area contributed by atoms with Gasteiger partial charge < -0.3 is 14.9 Å². The largest absolute Gasteiger partial charge is 0.388 e. The van der Waals surface area contributed by atoms with Gasteiger partial charge in [-0.25, -0.2) is 0 Å². The van der Waals surface area contributed by atoms with Crippen LogP contribution in [0.15, 0.2) is 5.11 Å². The van der Waals surface area contributed by atoms with Crippen molar-refractivity contribution in [2.45, 2.75) is 31.3 Å². The molecule has 68 valence electrons. The minimum absolute atomic E-state index is 0.0546. The molecule has 0 aromatic carbocycles. The first kappa shape index (κ1) is 9.28. The van der Waals surface area contributed by atoms with Crippen molar-refractivity contribution in [3.05, 3.63) is 10.4 Å². The van der Waals surface area contributed by atoms with E-state index in [1.807, 2.05) is 0 Å². The van der Waals surface area contributed by atoms with Crippen LogP contribution in [0.3, 0.4) is 0 Å². The second kappa shape index (κ2) is 3.73. The topological polar surface area (TPSA) is 98.5 Å². The van der Waals surface area contributed by atoms with Crippen molar-refractivity contribution in [1.82, 2.24) is 0 Å². The molecule has 0 aromatic heterocycles. The van der Waals surface area contributed by atoms with E-state index in [2.05, 4.69) is 10.0 Å². The van der Waals surface area contributed by atoms with Gasteiger partial charge in [0, 0.05) is 4.91 Å². The van der Waals surface area contributed by atoms with Crippen LogP contribution in [0.25, 0.3) is 10.4 Å². The summed E-state index contributed by atoms with van der Waals surface area (Å²) < 4.78 is 5.12. The highest BCUT2D eigenvalue weighted by Crippen LogP contribution is 2.20. The molecule has 6 nitrogen and oxygen atoms in total. The predicted octanol–water partition coefficient (Wildman–Crippen LogP) is -0.194. The lowest BCUT2D eigenvalue weighted by molar-refractivity contribution is 0.0224. The molecule has 0 bridgehead atoms. The van der Waals surface area contributed by atoms with Gasteiger partial charge >= 0.3 is 0 Å². The summed E-state index contributed by atoms with van der Waals surface area (Å²) in [7, 11) is 0. The Balaban J connectivity index is 2.52. The molecule has 0 radical (unpaired) electrons. The average Bonchev–Trinajstić information content (AvgIpc) is 2.30. The molecule has 1 aliphatic rings. The number of aliphatic hydroxyl groups is 2. The molecular weight excluding hydrogens is 162 g/mol. The third-order valence-electron chi connectivity index (χ3n) is 1.93. The summed E-state index contributed by atoms with van der Waals surface area (Å²) in [6, 6.07) is 0. The lowest BCUT2D eigenvalue weighted by atomic mass is 10.1. The van der Waals surface area contributed by atoms with Gasteiger partial charge in [0.05, 0.1) is 18.8 Å². The zero-order valence-electron chi connectivity index (χ0n) is 6.66. The van der Waals surface area contributed by atoms with E-state index in [1.54, 1.807) is 6.92 Å². The second-order valence-electron chi connectivity index (χ2n) is 2.77. The zero-order chi connectivity index (χ0) is 9.14. The van der Waals surface area contributed by atoms with E-state index in [1.165, 1.54) is 0 Å². The van der Waals surface area contributed by atoms with Crippen LogP contribution in [0.1, 0.15) is 6.92 Å². The highest BCUT2D eigenvalue weighted by Gasteiger charge is 2.39. The predicted molar refractivity (Wildman–Crippen MR) is 40.4 cm³/mol. The van der Waals surface area contributed by atoms with Crippen molar-refractivity contribution in [2.75, 3.05) is 6.54 Å². The highest BCUT2D eigenvalue weighted by molar-refractivity contribution is 4.89. The molecule has 0 aliphatic carbocycles. The fourth-order valence-electron chi connectivity index (χ4n) is 1.20. The van der Waals surface area contributed by atoms with Crippen LogP contribution >= 0.6 is 0 Å². The van der Waals surface area contributed by atoms with E-state index >= 15 is 0 Å². The maximum Gasteiger partial charge on any atom is 0.109 e. The fourth-order valence-corrected chi connectivity index (χ4v) is 1.20. The first-order valence-electron chi connectivity index (χ1n) is 3.69. The summed E-state index contributed by atoms with van der Waals surface area (Å²) in [6.45, 7) is 1.71. The second-order valence-corrected chi connectivity index (χ2v) is 2.77. The Morgan fingerprint density at radius 1 is 1.50 bits per heavy atom. The first-order valence-corrected chi connectivity index (χ1v) is 3.69. The van der Waals surface area contributed by atoms with E-state index < -0.39 is 24.4 Å². The smallest absolute Gasteiger partial charge is 0.109 e. The van der Waals surface area contributed by atoms with Crippen molar-refractivity contribution in [3.63, 3.8) is 0 Å². The van der Waals surface area contributed by atoms with Crippen molar-refractivity contribution >= 4 is 0 Å². The molecule has 1 fully saturated rings. The van der Waals surface area contributed by atoms with Crippen LogP contribution in [0.5, 0.6) is 0 Å². The van der Waals surface area contributed by atoms with Crippen LogP contribution in [0, 0.1) is 0 Å². The number of aliphatic hydroxyl groups excluding tert-OH is 2. The average molecular weight is 173 g/mol. The molecule has 1 rings (SSSR count). The third-order valence-corrected chi connectivity index (χ3v) is 1.93. The summed E-state index contributed by atoms with van der Waals surface area (Å²) in [4.78, 5) is 2.54. The van der Waals surface area contributed by atoms with E-state index in [0.717, 1.165) is 0 Å². The van der Waals surface area contributed by atoms with Crippen LogP contribution in [0.2, 0.25) is 0 Å². The minimum Gasteiger partial charge on any atom is -0.388 e. The van der Waals surface area contributed by atoms with Gasteiger partial charge in [0.15, 0.2) is 0 Å². The molecule has 4 atom stereocenters. The molecule has 0 spiro atoms. The molecular formula is C6H11N3O3. The van der Waals surface area contributed by atoms with Crippen LogP contribution < -0.4 is 0 Å². The van der Waals surface area contributed by atoms with Crippen molar-refractivity contribution in [1.29, 1.82) is 0 Å². The molecule has 0 aromatic rings. The van der Waals surface area contributed by atoms with E-state index in [4.69, 9.17) is 10.3 Å². The normalized spacial score (nSPS) is 40.9. The molecule has 1 aliphatic heterocycles. The number of azide groups is 1. The summed E-state index contributed by atoms with van der Waals surface area (Å²) in [5.74, 6) is 0. The van der Waals surface area contributed by atoms with Gasteiger partial charge in [-0.3, -0.25) is 0 Å². The van der Waals surface area contributed by atoms with Gasteiger partial charge in [-0.15, -0.1) is 0 Å². The maximum atomic E-state index is 9.30. The Labute approximate surface area is 69.4 Å². The Morgan fingerprint density at radius 2 is 2.17 bits per heavy atom. The molecule has 1 unspecified atom stereocenters. The van der Waals surface area contributed by atoms with Crippen LogP contribution in [-0.2, 0) is 4.74 Å². The monoisotopic (exact) mass is 173 g/mol. The zero-order valence-corrected chi connectivity index (χ0v) is 6.66. The first-order chi connectivity index (χ1) is 5.66. The molecule has 6 heteroatoms. The van der Waals surface area contributed by atoms with E-state index in [-0.39, 0.29) is 6.54 Å². The molecule has 0 saturated carbocycles. The number of hydrogen-bond acceptors (Lipinski definition) is 4. The lowest BCUT2D eigenvalue weighted by Gasteiger charge is -2.10. The van der Waals surface area contributed by atoms with Crippen molar-refractivity contribution < 1.29 is 14.9 Å². The summed E-state index contributed by atoms with van der Waals surface area (Å²) in [5, 5.41) is 21.8. The minimum atomic E-state index is -0.953. The van der Waals surface area contributed by atoms with Crippen molar-refractivity contribution in [2.24, 2.45) is 5.11 Å². The maximum absolute atomic E-state index is 9.30. The van der Waals surface area contributed by atoms with Gasteiger partial charge in [-0.05, 0) is 12.5 Å². The molecule has 12 heavy (non-hydrogen) atoms. The number of ether oxygens (including phenoxy) is 1. The van der Waals surface area contributed by atoms with E-state index in [9.17, 15) is 10.2 Å². The van der Waals surface area contributed by atoms with Gasteiger partial charge in [0.1, 0.15) is 12.2 Å². The van der Waals surface area contributed by atoms with E-state index in [0.29, 0.717) is 0 Å². The Bertz CT molecular complexity index is 204. The fraction of sp³-hybridized carbons (Fsp3) is 1.00. The number of nitrogens with zero attached hydrogens (tertiary/aromatic N) is 3. The van der Waals surface area contributed by atoms with Crippen LogP contribution in [0.4, 0.5) is 0 Å².